The van der Waals surface area contributed by atoms with Crippen LogP contribution in [-0.2, 0) is 11.2 Å². The number of aromatic nitrogens is 2. The zero-order valence-corrected chi connectivity index (χ0v) is 25.9. The van der Waals surface area contributed by atoms with Crippen LogP contribution in [0.15, 0.2) is 60.9 Å². The van der Waals surface area contributed by atoms with Crippen LogP contribution in [0.4, 0.5) is 0 Å². The van der Waals surface area contributed by atoms with Gasteiger partial charge in [0, 0.05) is 23.5 Å². The van der Waals surface area contributed by atoms with Gasteiger partial charge in [0.25, 0.3) is 0 Å². The Morgan fingerprint density at radius 1 is 0.634 bits per heavy atom. The number of benzene rings is 2. The van der Waals surface area contributed by atoms with Crippen molar-refractivity contribution in [2.24, 2.45) is 5.92 Å². The van der Waals surface area contributed by atoms with Crippen LogP contribution in [-0.4, -0.2) is 15.9 Å². The summed E-state index contributed by atoms with van der Waals surface area (Å²) in [7, 11) is 0. The average molecular weight is 557 g/mol. The monoisotopic (exact) mass is 556 g/mol. The Bertz CT molecular complexity index is 1110. The first-order chi connectivity index (χ1) is 20.1. The van der Waals surface area contributed by atoms with E-state index < -0.39 is 0 Å². The van der Waals surface area contributed by atoms with Crippen LogP contribution in [0.5, 0.6) is 5.75 Å². The quantitative estimate of drug-likeness (QED) is 0.0789. The fraction of sp³-hybridized carbons (Fsp3) is 0.541. The molecule has 1 unspecified atom stereocenters. The number of hydrogen-bond donors (Lipinski definition) is 0. The predicted octanol–water partition coefficient (Wildman–Crippen LogP) is 10.8. The van der Waals surface area contributed by atoms with Crippen molar-refractivity contribution in [3.63, 3.8) is 0 Å². The Balaban J connectivity index is 1.41. The number of aryl methyl sites for hydroxylation is 1. The lowest BCUT2D eigenvalue weighted by Crippen LogP contribution is -2.17. The van der Waals surface area contributed by atoms with E-state index in [1.165, 1.54) is 89.0 Å². The summed E-state index contributed by atoms with van der Waals surface area (Å²) in [6, 6.07) is 16.3. The van der Waals surface area contributed by atoms with Gasteiger partial charge in [-0.15, -0.1) is 0 Å². The summed E-state index contributed by atoms with van der Waals surface area (Å²) in [5.41, 5.74) is 4.44. The van der Waals surface area contributed by atoms with Crippen molar-refractivity contribution in [3.05, 3.63) is 66.5 Å². The first-order valence-electron chi connectivity index (χ1n) is 16.3. The lowest BCUT2D eigenvalue weighted by atomic mass is 10.0. The highest BCUT2D eigenvalue weighted by molar-refractivity contribution is 5.75. The normalized spacial score (nSPS) is 11.9. The van der Waals surface area contributed by atoms with Crippen molar-refractivity contribution in [3.8, 4) is 28.3 Å². The smallest absolute Gasteiger partial charge is 0.314 e. The topological polar surface area (TPSA) is 52.1 Å². The molecule has 0 N–H and O–H groups in total. The van der Waals surface area contributed by atoms with Crippen molar-refractivity contribution in [1.82, 2.24) is 9.97 Å². The number of unbranched alkanes of at least 4 members (excludes halogenated alkanes) is 12. The maximum absolute atomic E-state index is 12.5. The molecule has 0 spiro atoms. The molecule has 4 nitrogen and oxygen atoms in total. The highest BCUT2D eigenvalue weighted by Gasteiger charge is 2.15. The summed E-state index contributed by atoms with van der Waals surface area (Å²) in [6.07, 6.45) is 24.0. The lowest BCUT2D eigenvalue weighted by Gasteiger charge is -2.11. The fourth-order valence-corrected chi connectivity index (χ4v) is 5.19. The van der Waals surface area contributed by atoms with E-state index in [1.807, 2.05) is 43.6 Å². The van der Waals surface area contributed by atoms with Crippen LogP contribution in [0.3, 0.4) is 0 Å². The molecule has 222 valence electrons. The molecule has 1 atom stereocenters. The highest BCUT2D eigenvalue weighted by Crippen LogP contribution is 2.24. The van der Waals surface area contributed by atoms with E-state index in [0.717, 1.165) is 36.0 Å². The van der Waals surface area contributed by atoms with E-state index >= 15 is 0 Å². The van der Waals surface area contributed by atoms with Crippen molar-refractivity contribution in [1.29, 1.82) is 0 Å². The van der Waals surface area contributed by atoms with Gasteiger partial charge in [-0.25, -0.2) is 9.97 Å². The molecular formula is C37H52N2O2. The number of nitrogens with zero attached hydrogens (tertiary/aromatic N) is 2. The van der Waals surface area contributed by atoms with Gasteiger partial charge in [0.05, 0.1) is 5.92 Å². The van der Waals surface area contributed by atoms with Gasteiger partial charge >= 0.3 is 5.97 Å². The van der Waals surface area contributed by atoms with Gasteiger partial charge < -0.3 is 4.74 Å². The second-order valence-electron chi connectivity index (χ2n) is 11.6. The largest absolute Gasteiger partial charge is 0.426 e. The minimum absolute atomic E-state index is 0.0871. The molecule has 41 heavy (non-hydrogen) atoms. The number of carbonyl (C=O) groups excluding carboxylic acids is 1. The molecular weight excluding hydrogens is 504 g/mol. The molecule has 4 heteroatoms. The zero-order chi connectivity index (χ0) is 29.1. The Morgan fingerprint density at radius 2 is 1.15 bits per heavy atom. The van der Waals surface area contributed by atoms with Crippen LogP contribution in [0.2, 0.25) is 0 Å². The minimum atomic E-state index is -0.157. The number of ether oxygens (including phenoxy) is 1. The van der Waals surface area contributed by atoms with Gasteiger partial charge in [0.15, 0.2) is 5.82 Å². The standard InChI is InChI=1S/C37H52N2O2/c1-4-6-8-10-12-13-15-17-19-31-20-22-32(23-21-31)34-28-38-36(39-29-34)33-24-26-35(27-25-33)41-37(40)30(3)18-16-14-11-9-7-5-2/h20-30H,4-19H2,1-3H3. The Hall–Kier alpha value is -3.01. The summed E-state index contributed by atoms with van der Waals surface area (Å²) in [4.78, 5) is 21.7. The molecule has 0 aliphatic rings. The molecule has 2 aromatic carbocycles. The van der Waals surface area contributed by atoms with Gasteiger partial charge in [-0.1, -0.05) is 129 Å². The van der Waals surface area contributed by atoms with E-state index in [2.05, 4.69) is 48.1 Å². The van der Waals surface area contributed by atoms with E-state index in [1.54, 1.807) is 0 Å². The second kappa shape index (κ2) is 19.2. The van der Waals surface area contributed by atoms with Crippen LogP contribution >= 0.6 is 0 Å². The molecule has 3 aromatic rings. The van der Waals surface area contributed by atoms with E-state index in [-0.39, 0.29) is 11.9 Å². The molecule has 1 aromatic heterocycles. The predicted molar refractivity (Wildman–Crippen MR) is 172 cm³/mol. The van der Waals surface area contributed by atoms with Crippen molar-refractivity contribution < 1.29 is 9.53 Å². The minimum Gasteiger partial charge on any atom is -0.426 e. The van der Waals surface area contributed by atoms with Crippen LogP contribution in [0, 0.1) is 5.92 Å². The summed E-state index contributed by atoms with van der Waals surface area (Å²) in [6.45, 7) is 6.46. The van der Waals surface area contributed by atoms with Crippen LogP contribution < -0.4 is 4.74 Å². The number of rotatable bonds is 20. The number of hydrogen-bond acceptors (Lipinski definition) is 4. The van der Waals surface area contributed by atoms with Crippen LogP contribution in [0.1, 0.15) is 123 Å². The molecule has 1 heterocycles. The van der Waals surface area contributed by atoms with Gasteiger partial charge in [-0.3, -0.25) is 4.79 Å². The molecule has 0 aliphatic heterocycles. The summed E-state index contributed by atoms with van der Waals surface area (Å²) in [5, 5.41) is 0. The second-order valence-corrected chi connectivity index (χ2v) is 11.6. The van der Waals surface area contributed by atoms with Gasteiger partial charge in [-0.05, 0) is 54.7 Å². The lowest BCUT2D eigenvalue weighted by molar-refractivity contribution is -0.138. The third-order valence-corrected chi connectivity index (χ3v) is 7.98. The highest BCUT2D eigenvalue weighted by atomic mass is 16.5. The molecule has 0 saturated carbocycles. The van der Waals surface area contributed by atoms with Crippen molar-refractivity contribution >= 4 is 5.97 Å². The molecule has 0 radical (unpaired) electrons. The van der Waals surface area contributed by atoms with Gasteiger partial charge in [0.1, 0.15) is 5.75 Å². The average Bonchev–Trinajstić information content (AvgIpc) is 3.01. The summed E-state index contributed by atoms with van der Waals surface area (Å²) < 4.78 is 5.62. The van der Waals surface area contributed by atoms with Gasteiger partial charge in [0.2, 0.25) is 0 Å². The van der Waals surface area contributed by atoms with E-state index in [4.69, 9.17) is 4.74 Å². The molecule has 3 rings (SSSR count). The number of esters is 1. The zero-order valence-electron chi connectivity index (χ0n) is 25.9. The third-order valence-electron chi connectivity index (χ3n) is 7.98. The Kier molecular flexibility index (Phi) is 15.2. The Labute approximate surface area is 249 Å². The summed E-state index contributed by atoms with van der Waals surface area (Å²) in [5.74, 6) is 0.984. The third kappa shape index (κ3) is 12.2. The first kappa shape index (κ1) is 32.5. The molecule has 0 fully saturated rings. The number of carbonyl (C=O) groups is 1. The first-order valence-corrected chi connectivity index (χ1v) is 16.3. The SMILES string of the molecule is CCCCCCCCCCc1ccc(-c2cnc(-c3ccc(OC(=O)C(C)CCCCCCCC)cc3)nc2)cc1. The van der Waals surface area contributed by atoms with Crippen molar-refractivity contribution in [2.75, 3.05) is 0 Å². The van der Waals surface area contributed by atoms with E-state index in [9.17, 15) is 4.79 Å². The van der Waals surface area contributed by atoms with E-state index in [0.29, 0.717) is 11.6 Å². The molecule has 0 bridgehead atoms. The van der Waals surface area contributed by atoms with Gasteiger partial charge in [-0.2, -0.15) is 0 Å². The molecule has 0 aliphatic carbocycles. The fourth-order valence-electron chi connectivity index (χ4n) is 5.19. The summed E-state index contributed by atoms with van der Waals surface area (Å²) >= 11 is 0. The Morgan fingerprint density at radius 3 is 1.73 bits per heavy atom. The molecule has 0 amide bonds. The molecule has 0 saturated heterocycles. The van der Waals surface area contributed by atoms with Crippen molar-refractivity contribution in [2.45, 2.75) is 124 Å². The van der Waals surface area contributed by atoms with Crippen LogP contribution in [0.25, 0.3) is 22.5 Å². The maximum Gasteiger partial charge on any atom is 0.314 e. The maximum atomic E-state index is 12.5.